The molecule has 1 heterocycles. The van der Waals surface area contributed by atoms with Crippen LogP contribution in [0.1, 0.15) is 54.9 Å². The van der Waals surface area contributed by atoms with Crippen LogP contribution in [-0.4, -0.2) is 49.1 Å². The maximum atomic E-state index is 12.5. The zero-order valence-electron chi connectivity index (χ0n) is 14.5. The molecular formula is C17H26N2O5. The summed E-state index contributed by atoms with van der Waals surface area (Å²) in [4.78, 5) is 29.7. The fraction of sp³-hybridized carbons (Fsp3) is 0.706. The van der Waals surface area contributed by atoms with Gasteiger partial charge in [-0.05, 0) is 12.3 Å². The summed E-state index contributed by atoms with van der Waals surface area (Å²) in [6, 6.07) is 0. The Morgan fingerprint density at radius 2 is 2.08 bits per heavy atom. The summed E-state index contributed by atoms with van der Waals surface area (Å²) in [6.45, 7) is 1.14. The maximum Gasteiger partial charge on any atom is 0.360 e. The van der Waals surface area contributed by atoms with Crippen molar-refractivity contribution >= 4 is 11.9 Å². The third-order valence-electron chi connectivity index (χ3n) is 4.43. The average molecular weight is 338 g/mol. The Morgan fingerprint density at radius 3 is 2.75 bits per heavy atom. The summed E-state index contributed by atoms with van der Waals surface area (Å²) in [5.74, 6) is 0.504. The highest BCUT2D eigenvalue weighted by atomic mass is 16.5. The van der Waals surface area contributed by atoms with E-state index < -0.39 is 5.97 Å². The standard InChI is InChI=1S/C17H26N2O5/c1-22-10-9-19(16(20)8-7-13-5-3-4-6-13)11-15-18-14(12-24-15)17(21)23-2/h12-13H,3-11H2,1-2H3. The van der Waals surface area contributed by atoms with Crippen LogP contribution >= 0.6 is 0 Å². The Morgan fingerprint density at radius 1 is 1.33 bits per heavy atom. The minimum absolute atomic E-state index is 0.0665. The lowest BCUT2D eigenvalue weighted by atomic mass is 10.0. The first-order valence-corrected chi connectivity index (χ1v) is 8.43. The number of oxazole rings is 1. The molecule has 0 saturated heterocycles. The third-order valence-corrected chi connectivity index (χ3v) is 4.43. The predicted octanol–water partition coefficient (Wildman–Crippen LogP) is 2.41. The molecule has 0 bridgehead atoms. The Labute approximate surface area is 142 Å². The van der Waals surface area contributed by atoms with Crippen molar-refractivity contribution in [3.8, 4) is 0 Å². The second-order valence-electron chi connectivity index (χ2n) is 6.12. The Bertz CT molecular complexity index is 537. The van der Waals surface area contributed by atoms with Gasteiger partial charge in [0.2, 0.25) is 11.8 Å². The van der Waals surface area contributed by atoms with Crippen LogP contribution in [0.15, 0.2) is 10.7 Å². The topological polar surface area (TPSA) is 81.9 Å². The molecule has 1 saturated carbocycles. The van der Waals surface area contributed by atoms with Crippen molar-refractivity contribution in [3.05, 3.63) is 17.8 Å². The first-order valence-electron chi connectivity index (χ1n) is 8.43. The van der Waals surface area contributed by atoms with Gasteiger partial charge in [0.1, 0.15) is 6.26 Å². The molecule has 0 radical (unpaired) electrons. The fourth-order valence-electron chi connectivity index (χ4n) is 3.02. The Kier molecular flexibility index (Phi) is 7.24. The second-order valence-corrected chi connectivity index (χ2v) is 6.12. The molecule has 7 heteroatoms. The monoisotopic (exact) mass is 338 g/mol. The maximum absolute atomic E-state index is 12.5. The molecule has 0 unspecified atom stereocenters. The molecule has 0 aliphatic heterocycles. The molecule has 134 valence electrons. The normalized spacial score (nSPS) is 14.8. The first kappa shape index (κ1) is 18.4. The molecule has 1 aromatic rings. The predicted molar refractivity (Wildman–Crippen MR) is 86.3 cm³/mol. The quantitative estimate of drug-likeness (QED) is 0.643. The van der Waals surface area contributed by atoms with Crippen molar-refractivity contribution < 1.29 is 23.5 Å². The zero-order chi connectivity index (χ0) is 17.4. The lowest BCUT2D eigenvalue weighted by molar-refractivity contribution is -0.133. The number of carbonyl (C=O) groups is 2. The van der Waals surface area contributed by atoms with E-state index in [1.165, 1.54) is 39.1 Å². The molecule has 1 aromatic heterocycles. The number of carbonyl (C=O) groups excluding carboxylic acids is 2. The van der Waals surface area contributed by atoms with Gasteiger partial charge in [-0.25, -0.2) is 9.78 Å². The molecule has 1 aliphatic carbocycles. The van der Waals surface area contributed by atoms with Gasteiger partial charge in [0.15, 0.2) is 5.69 Å². The summed E-state index contributed by atoms with van der Waals surface area (Å²) in [5, 5.41) is 0. The molecule has 0 spiro atoms. The van der Waals surface area contributed by atoms with E-state index in [2.05, 4.69) is 9.72 Å². The van der Waals surface area contributed by atoms with Crippen molar-refractivity contribution in [2.45, 2.75) is 45.1 Å². The van der Waals surface area contributed by atoms with Crippen LogP contribution in [0.3, 0.4) is 0 Å². The number of hydrogen-bond donors (Lipinski definition) is 0. The van der Waals surface area contributed by atoms with Crippen molar-refractivity contribution in [1.82, 2.24) is 9.88 Å². The second kappa shape index (κ2) is 9.42. The van der Waals surface area contributed by atoms with E-state index in [9.17, 15) is 9.59 Å². The third kappa shape index (κ3) is 5.33. The molecule has 24 heavy (non-hydrogen) atoms. The number of hydrogen-bond acceptors (Lipinski definition) is 6. The summed E-state index contributed by atoms with van der Waals surface area (Å²) in [5.41, 5.74) is 0.109. The van der Waals surface area contributed by atoms with Gasteiger partial charge in [-0.1, -0.05) is 25.7 Å². The van der Waals surface area contributed by atoms with Crippen LogP contribution in [0.5, 0.6) is 0 Å². The first-order chi connectivity index (χ1) is 11.6. The van der Waals surface area contributed by atoms with Crippen LogP contribution in [0.2, 0.25) is 0 Å². The fourth-order valence-corrected chi connectivity index (χ4v) is 3.02. The van der Waals surface area contributed by atoms with Gasteiger partial charge in [-0.2, -0.15) is 0 Å². The molecule has 0 atom stereocenters. The van der Waals surface area contributed by atoms with Crippen LogP contribution < -0.4 is 0 Å². The highest BCUT2D eigenvalue weighted by Crippen LogP contribution is 2.28. The molecular weight excluding hydrogens is 312 g/mol. The van der Waals surface area contributed by atoms with Gasteiger partial charge in [0.25, 0.3) is 0 Å². The number of methoxy groups -OCH3 is 2. The van der Waals surface area contributed by atoms with Gasteiger partial charge in [-0.3, -0.25) is 4.79 Å². The number of rotatable bonds is 9. The molecule has 1 amide bonds. The van der Waals surface area contributed by atoms with Crippen LogP contribution in [-0.2, 0) is 20.8 Å². The van der Waals surface area contributed by atoms with E-state index in [0.29, 0.717) is 31.4 Å². The minimum Gasteiger partial charge on any atom is -0.464 e. The highest BCUT2D eigenvalue weighted by molar-refractivity contribution is 5.86. The van der Waals surface area contributed by atoms with Crippen LogP contribution in [0, 0.1) is 5.92 Å². The number of ether oxygens (including phenoxy) is 2. The Balaban J connectivity index is 1.92. The number of nitrogens with zero attached hydrogens (tertiary/aromatic N) is 2. The van der Waals surface area contributed by atoms with Gasteiger partial charge in [0, 0.05) is 20.1 Å². The summed E-state index contributed by atoms with van der Waals surface area (Å²) < 4.78 is 15.0. The van der Waals surface area contributed by atoms with Gasteiger partial charge >= 0.3 is 5.97 Å². The van der Waals surface area contributed by atoms with E-state index in [-0.39, 0.29) is 18.1 Å². The summed E-state index contributed by atoms with van der Waals surface area (Å²) in [6.07, 6.45) is 7.72. The van der Waals surface area contributed by atoms with Crippen molar-refractivity contribution in [3.63, 3.8) is 0 Å². The largest absolute Gasteiger partial charge is 0.464 e. The number of amides is 1. The van der Waals surface area contributed by atoms with Crippen LogP contribution in [0.4, 0.5) is 0 Å². The van der Waals surface area contributed by atoms with E-state index in [0.717, 1.165) is 6.42 Å². The molecule has 2 rings (SSSR count). The van der Waals surface area contributed by atoms with Crippen LogP contribution in [0.25, 0.3) is 0 Å². The lowest BCUT2D eigenvalue weighted by Gasteiger charge is -2.21. The molecule has 0 N–H and O–H groups in total. The number of esters is 1. The van der Waals surface area contributed by atoms with E-state index >= 15 is 0 Å². The minimum atomic E-state index is -0.555. The number of aromatic nitrogens is 1. The average Bonchev–Trinajstić information content (AvgIpc) is 3.27. The summed E-state index contributed by atoms with van der Waals surface area (Å²) in [7, 11) is 2.88. The zero-order valence-corrected chi connectivity index (χ0v) is 14.5. The lowest BCUT2D eigenvalue weighted by Crippen LogP contribution is -2.33. The molecule has 1 aliphatic rings. The SMILES string of the molecule is COCCN(Cc1nc(C(=O)OC)co1)C(=O)CCC1CCCC1. The highest BCUT2D eigenvalue weighted by Gasteiger charge is 2.21. The molecule has 7 nitrogen and oxygen atoms in total. The van der Waals surface area contributed by atoms with E-state index in [1.807, 2.05) is 0 Å². The molecule has 0 aromatic carbocycles. The van der Waals surface area contributed by atoms with Gasteiger partial charge < -0.3 is 18.8 Å². The summed E-state index contributed by atoms with van der Waals surface area (Å²) >= 11 is 0. The van der Waals surface area contributed by atoms with Crippen molar-refractivity contribution in [1.29, 1.82) is 0 Å². The van der Waals surface area contributed by atoms with Gasteiger partial charge in [-0.15, -0.1) is 0 Å². The van der Waals surface area contributed by atoms with E-state index in [1.54, 1.807) is 12.0 Å². The van der Waals surface area contributed by atoms with Crippen molar-refractivity contribution in [2.75, 3.05) is 27.4 Å². The smallest absolute Gasteiger partial charge is 0.360 e. The van der Waals surface area contributed by atoms with E-state index in [4.69, 9.17) is 9.15 Å². The van der Waals surface area contributed by atoms with Gasteiger partial charge in [0.05, 0.1) is 20.3 Å². The molecule has 1 fully saturated rings. The van der Waals surface area contributed by atoms with Crippen molar-refractivity contribution in [2.24, 2.45) is 5.92 Å². The Hall–Kier alpha value is -1.89.